The van der Waals surface area contributed by atoms with Crippen molar-refractivity contribution in [1.29, 1.82) is 0 Å². The van der Waals surface area contributed by atoms with Crippen LogP contribution in [-0.2, 0) is 11.3 Å². The lowest BCUT2D eigenvalue weighted by Gasteiger charge is -2.36. The fraction of sp³-hybridized carbons (Fsp3) is 0.353. The number of alkyl halides is 2. The van der Waals surface area contributed by atoms with Gasteiger partial charge in [0.25, 0.3) is 0 Å². The predicted octanol–water partition coefficient (Wildman–Crippen LogP) is 2.69. The first kappa shape index (κ1) is 17.9. The number of carbonyl (C=O) groups is 1. The SMILES string of the molecule is O=C1OC2(CNC2)CN1Cc1cncc(-c2ccc(Cl)c(OC(F)F)c2)n1. The highest BCUT2D eigenvalue weighted by atomic mass is 35.5. The molecular weight excluding hydrogens is 382 g/mol. The number of hydrogen-bond donors (Lipinski definition) is 1. The Hall–Kier alpha value is -2.52. The smallest absolute Gasteiger partial charge is 0.410 e. The van der Waals surface area contributed by atoms with E-state index in [0.29, 0.717) is 36.6 Å². The maximum absolute atomic E-state index is 12.5. The Balaban J connectivity index is 1.53. The third kappa shape index (κ3) is 3.65. The zero-order chi connectivity index (χ0) is 19.0. The molecule has 0 saturated carbocycles. The van der Waals surface area contributed by atoms with Crippen molar-refractivity contribution in [2.24, 2.45) is 0 Å². The number of nitrogens with zero attached hydrogens (tertiary/aromatic N) is 3. The van der Waals surface area contributed by atoms with E-state index < -0.39 is 12.2 Å². The van der Waals surface area contributed by atoms with Crippen LogP contribution in [-0.4, -0.2) is 52.8 Å². The summed E-state index contributed by atoms with van der Waals surface area (Å²) in [6.07, 6.45) is 2.66. The summed E-state index contributed by atoms with van der Waals surface area (Å²) in [5.41, 5.74) is 1.09. The summed E-state index contributed by atoms with van der Waals surface area (Å²) < 4.78 is 34.8. The molecule has 142 valence electrons. The van der Waals surface area contributed by atoms with E-state index in [-0.39, 0.29) is 23.4 Å². The van der Waals surface area contributed by atoms with Crippen molar-refractivity contribution >= 4 is 17.7 Å². The van der Waals surface area contributed by atoms with Crippen molar-refractivity contribution in [3.05, 3.63) is 41.3 Å². The van der Waals surface area contributed by atoms with Gasteiger partial charge in [-0.25, -0.2) is 9.78 Å². The fourth-order valence-corrected chi connectivity index (χ4v) is 3.23. The number of nitrogens with one attached hydrogen (secondary N) is 1. The van der Waals surface area contributed by atoms with Crippen LogP contribution in [0, 0.1) is 0 Å². The highest BCUT2D eigenvalue weighted by Crippen LogP contribution is 2.31. The van der Waals surface area contributed by atoms with Crippen LogP contribution in [0.5, 0.6) is 5.75 Å². The Morgan fingerprint density at radius 3 is 2.85 bits per heavy atom. The molecule has 4 rings (SSSR count). The number of hydrogen-bond acceptors (Lipinski definition) is 6. The topological polar surface area (TPSA) is 76.6 Å². The first-order valence-electron chi connectivity index (χ1n) is 8.18. The summed E-state index contributed by atoms with van der Waals surface area (Å²) in [6, 6.07) is 4.46. The van der Waals surface area contributed by atoms with Gasteiger partial charge in [0.15, 0.2) is 5.60 Å². The fourth-order valence-electron chi connectivity index (χ4n) is 3.07. The van der Waals surface area contributed by atoms with Gasteiger partial charge in [-0.1, -0.05) is 17.7 Å². The summed E-state index contributed by atoms with van der Waals surface area (Å²) in [6.45, 7) is -0.977. The van der Waals surface area contributed by atoms with Crippen LogP contribution in [0.25, 0.3) is 11.3 Å². The molecule has 2 aromatic rings. The van der Waals surface area contributed by atoms with Gasteiger partial charge in [0.05, 0.1) is 41.9 Å². The average molecular weight is 397 g/mol. The molecule has 1 amide bonds. The van der Waals surface area contributed by atoms with Gasteiger partial charge in [-0.05, 0) is 12.1 Å². The molecular formula is C17H15ClF2N4O3. The number of aromatic nitrogens is 2. The Bertz CT molecular complexity index is 879. The van der Waals surface area contributed by atoms with E-state index in [1.165, 1.54) is 18.3 Å². The second-order valence-corrected chi connectivity index (χ2v) is 6.84. The molecule has 1 N–H and O–H groups in total. The van der Waals surface area contributed by atoms with Crippen molar-refractivity contribution in [2.45, 2.75) is 18.8 Å². The third-order valence-electron chi connectivity index (χ3n) is 4.42. The van der Waals surface area contributed by atoms with Gasteiger partial charge in [-0.15, -0.1) is 0 Å². The highest BCUT2D eigenvalue weighted by Gasteiger charge is 2.49. The minimum absolute atomic E-state index is 0.0716. The molecule has 2 saturated heterocycles. The van der Waals surface area contributed by atoms with Crippen LogP contribution in [0.2, 0.25) is 5.02 Å². The molecule has 0 radical (unpaired) electrons. The largest absolute Gasteiger partial charge is 0.438 e. The van der Waals surface area contributed by atoms with Crippen molar-refractivity contribution in [3.8, 4) is 17.0 Å². The molecule has 1 aromatic carbocycles. The Morgan fingerprint density at radius 1 is 1.37 bits per heavy atom. The molecule has 0 unspecified atom stereocenters. The number of halogens is 3. The zero-order valence-corrected chi connectivity index (χ0v) is 14.7. The minimum Gasteiger partial charge on any atom is -0.438 e. The molecule has 0 atom stereocenters. The summed E-state index contributed by atoms with van der Waals surface area (Å²) in [4.78, 5) is 22.2. The van der Waals surface area contributed by atoms with Gasteiger partial charge in [-0.3, -0.25) is 9.88 Å². The maximum Gasteiger partial charge on any atom is 0.410 e. The van der Waals surface area contributed by atoms with Gasteiger partial charge < -0.3 is 14.8 Å². The summed E-state index contributed by atoms with van der Waals surface area (Å²) in [7, 11) is 0. The number of carbonyl (C=O) groups excluding carboxylic acids is 1. The summed E-state index contributed by atoms with van der Waals surface area (Å²) in [5, 5.41) is 3.17. The van der Waals surface area contributed by atoms with Crippen molar-refractivity contribution in [3.63, 3.8) is 0 Å². The monoisotopic (exact) mass is 396 g/mol. The average Bonchev–Trinajstić information content (AvgIpc) is 2.94. The van der Waals surface area contributed by atoms with Crippen molar-refractivity contribution in [2.75, 3.05) is 19.6 Å². The number of ether oxygens (including phenoxy) is 2. The quantitative estimate of drug-likeness (QED) is 0.837. The van der Waals surface area contributed by atoms with E-state index in [1.54, 1.807) is 17.2 Å². The zero-order valence-electron chi connectivity index (χ0n) is 14.0. The maximum atomic E-state index is 12.5. The normalized spacial score (nSPS) is 17.9. The third-order valence-corrected chi connectivity index (χ3v) is 4.73. The molecule has 1 aromatic heterocycles. The lowest BCUT2D eigenvalue weighted by Crippen LogP contribution is -2.61. The van der Waals surface area contributed by atoms with Crippen LogP contribution >= 0.6 is 11.6 Å². The van der Waals surface area contributed by atoms with E-state index in [9.17, 15) is 13.6 Å². The second-order valence-electron chi connectivity index (χ2n) is 6.43. The van der Waals surface area contributed by atoms with Gasteiger partial charge in [0.1, 0.15) is 5.75 Å². The van der Waals surface area contributed by atoms with Gasteiger partial charge in [0, 0.05) is 18.7 Å². The number of amides is 1. The van der Waals surface area contributed by atoms with E-state index >= 15 is 0 Å². The summed E-state index contributed by atoms with van der Waals surface area (Å²) in [5.74, 6) is -0.140. The minimum atomic E-state index is -2.98. The lowest BCUT2D eigenvalue weighted by molar-refractivity contribution is -0.0497. The molecule has 1 spiro atoms. The molecule has 0 aliphatic carbocycles. The molecule has 2 aliphatic rings. The van der Waals surface area contributed by atoms with E-state index in [1.807, 2.05) is 0 Å². The summed E-state index contributed by atoms with van der Waals surface area (Å²) >= 11 is 5.88. The Kier molecular flexibility index (Phi) is 4.56. The number of rotatable bonds is 5. The first-order valence-corrected chi connectivity index (χ1v) is 8.56. The number of benzene rings is 1. The Morgan fingerprint density at radius 2 is 2.19 bits per heavy atom. The molecule has 10 heteroatoms. The van der Waals surface area contributed by atoms with Crippen LogP contribution in [0.15, 0.2) is 30.6 Å². The van der Waals surface area contributed by atoms with Crippen LogP contribution in [0.3, 0.4) is 0 Å². The van der Waals surface area contributed by atoms with Crippen LogP contribution in [0.4, 0.5) is 13.6 Å². The molecule has 0 bridgehead atoms. The molecule has 2 aliphatic heterocycles. The van der Waals surface area contributed by atoms with E-state index in [4.69, 9.17) is 16.3 Å². The van der Waals surface area contributed by atoms with Crippen molar-refractivity contribution < 1.29 is 23.0 Å². The first-order chi connectivity index (χ1) is 12.9. The molecule has 2 fully saturated rings. The second kappa shape index (κ2) is 6.90. The highest BCUT2D eigenvalue weighted by molar-refractivity contribution is 6.32. The Labute approximate surface area is 158 Å². The van der Waals surface area contributed by atoms with Crippen LogP contribution < -0.4 is 10.1 Å². The van der Waals surface area contributed by atoms with Crippen molar-refractivity contribution in [1.82, 2.24) is 20.2 Å². The van der Waals surface area contributed by atoms with Gasteiger partial charge in [-0.2, -0.15) is 8.78 Å². The van der Waals surface area contributed by atoms with E-state index in [2.05, 4.69) is 20.0 Å². The molecule has 3 heterocycles. The van der Waals surface area contributed by atoms with Gasteiger partial charge >= 0.3 is 12.7 Å². The molecule has 27 heavy (non-hydrogen) atoms. The van der Waals surface area contributed by atoms with Gasteiger partial charge in [0.2, 0.25) is 0 Å². The lowest BCUT2D eigenvalue weighted by atomic mass is 9.97. The molecule has 7 nitrogen and oxygen atoms in total. The van der Waals surface area contributed by atoms with E-state index in [0.717, 1.165) is 0 Å². The predicted molar refractivity (Wildman–Crippen MR) is 91.6 cm³/mol. The van der Waals surface area contributed by atoms with Crippen LogP contribution in [0.1, 0.15) is 5.69 Å². The standard InChI is InChI=1S/C17H15ClF2N4O3/c18-12-2-1-10(3-14(12)26-15(19)20)13-5-21-4-11(23-13)6-24-9-17(7-22-8-17)27-16(24)25/h1-5,15,22H,6-9H2.